The summed E-state index contributed by atoms with van der Waals surface area (Å²) in [4.78, 5) is 8.65. The van der Waals surface area contributed by atoms with E-state index in [-0.39, 0.29) is 5.54 Å². The molecule has 0 saturated heterocycles. The minimum atomic E-state index is 0.0442. The number of nitrogens with zero attached hydrogens (tertiary/aromatic N) is 2. The molecule has 0 unspecified atom stereocenters. The van der Waals surface area contributed by atoms with Gasteiger partial charge in [-0.1, -0.05) is 13.8 Å². The highest BCUT2D eigenvalue weighted by Crippen LogP contribution is 2.14. The van der Waals surface area contributed by atoms with Crippen molar-refractivity contribution >= 4 is 5.82 Å². The Balaban J connectivity index is 2.84. The Kier molecular flexibility index (Phi) is 3.09. The van der Waals surface area contributed by atoms with Crippen LogP contribution >= 0.6 is 0 Å². The average Bonchev–Trinajstić information content (AvgIpc) is 2.01. The molecule has 0 amide bonds. The smallest absolute Gasteiger partial charge is 0.133 e. The molecule has 0 saturated carbocycles. The Labute approximate surface area is 86.0 Å². The molecule has 0 bridgehead atoms. The van der Waals surface area contributed by atoms with Crippen LogP contribution in [0.2, 0.25) is 0 Å². The molecule has 0 aliphatic rings. The van der Waals surface area contributed by atoms with Crippen molar-refractivity contribution in [1.82, 2.24) is 9.97 Å². The van der Waals surface area contributed by atoms with Crippen molar-refractivity contribution in [3.63, 3.8) is 0 Å². The fourth-order valence-corrected chi connectivity index (χ4v) is 1.11. The number of rotatable bonds is 2. The van der Waals surface area contributed by atoms with Crippen LogP contribution in [0.4, 0.5) is 5.82 Å². The summed E-state index contributed by atoms with van der Waals surface area (Å²) in [7, 11) is 0. The molecular weight excluding hydrogens is 174 g/mol. The summed E-state index contributed by atoms with van der Waals surface area (Å²) in [5.74, 6) is 2.16. The van der Waals surface area contributed by atoms with Crippen molar-refractivity contribution in [2.45, 2.75) is 46.1 Å². The third-order valence-corrected chi connectivity index (χ3v) is 1.69. The van der Waals surface area contributed by atoms with Gasteiger partial charge in [0.1, 0.15) is 11.6 Å². The van der Waals surface area contributed by atoms with Gasteiger partial charge in [0.05, 0.1) is 0 Å². The van der Waals surface area contributed by atoms with E-state index in [0.717, 1.165) is 11.6 Å². The summed E-state index contributed by atoms with van der Waals surface area (Å²) in [5, 5.41) is 3.33. The third-order valence-electron chi connectivity index (χ3n) is 1.69. The van der Waals surface area contributed by atoms with Gasteiger partial charge in [-0.2, -0.15) is 0 Å². The predicted molar refractivity (Wildman–Crippen MR) is 59.5 cm³/mol. The van der Waals surface area contributed by atoms with E-state index in [2.05, 4.69) is 49.9 Å². The van der Waals surface area contributed by atoms with E-state index in [4.69, 9.17) is 0 Å². The second kappa shape index (κ2) is 3.95. The van der Waals surface area contributed by atoms with E-state index in [9.17, 15) is 0 Å². The summed E-state index contributed by atoms with van der Waals surface area (Å²) in [6.45, 7) is 10.5. The molecular formula is C11H19N3. The van der Waals surface area contributed by atoms with Crippen molar-refractivity contribution in [1.29, 1.82) is 0 Å². The fraction of sp³-hybridized carbons (Fsp3) is 0.636. The Morgan fingerprint density at radius 2 is 1.93 bits per heavy atom. The highest BCUT2D eigenvalue weighted by Gasteiger charge is 2.11. The zero-order chi connectivity index (χ0) is 10.8. The molecule has 1 aromatic heterocycles. The van der Waals surface area contributed by atoms with Crippen LogP contribution in [0, 0.1) is 0 Å². The standard InChI is InChI=1S/C11H19N3/c1-8(2)10-12-7-6-9(13-10)14-11(3,4)5/h6-8H,1-5H3,(H,12,13,14). The summed E-state index contributed by atoms with van der Waals surface area (Å²) in [6, 6.07) is 1.90. The van der Waals surface area contributed by atoms with Crippen molar-refractivity contribution in [2.24, 2.45) is 0 Å². The third kappa shape index (κ3) is 3.32. The first kappa shape index (κ1) is 11.0. The van der Waals surface area contributed by atoms with Gasteiger partial charge in [0.25, 0.3) is 0 Å². The van der Waals surface area contributed by atoms with Gasteiger partial charge in [0.15, 0.2) is 0 Å². The predicted octanol–water partition coefficient (Wildman–Crippen LogP) is 2.81. The molecule has 1 heterocycles. The number of anilines is 1. The van der Waals surface area contributed by atoms with E-state index in [1.807, 2.05) is 6.07 Å². The van der Waals surface area contributed by atoms with Gasteiger partial charge in [0.2, 0.25) is 0 Å². The molecule has 3 nitrogen and oxygen atoms in total. The van der Waals surface area contributed by atoms with Crippen molar-refractivity contribution < 1.29 is 0 Å². The molecule has 0 fully saturated rings. The highest BCUT2D eigenvalue weighted by molar-refractivity contribution is 5.35. The van der Waals surface area contributed by atoms with E-state index in [0.29, 0.717) is 5.92 Å². The molecule has 78 valence electrons. The molecule has 1 rings (SSSR count). The maximum Gasteiger partial charge on any atom is 0.133 e. The van der Waals surface area contributed by atoms with Crippen LogP contribution in [-0.2, 0) is 0 Å². The summed E-state index contributed by atoms with van der Waals surface area (Å²) >= 11 is 0. The van der Waals surface area contributed by atoms with Crippen LogP contribution < -0.4 is 5.32 Å². The van der Waals surface area contributed by atoms with Gasteiger partial charge in [-0.25, -0.2) is 9.97 Å². The van der Waals surface area contributed by atoms with Gasteiger partial charge in [-0.3, -0.25) is 0 Å². The Morgan fingerprint density at radius 1 is 1.29 bits per heavy atom. The summed E-state index contributed by atoms with van der Waals surface area (Å²) < 4.78 is 0. The second-order valence-electron chi connectivity index (χ2n) is 4.83. The lowest BCUT2D eigenvalue weighted by molar-refractivity contribution is 0.627. The average molecular weight is 193 g/mol. The number of hydrogen-bond acceptors (Lipinski definition) is 3. The number of hydrogen-bond donors (Lipinski definition) is 1. The van der Waals surface area contributed by atoms with Gasteiger partial charge in [0, 0.05) is 17.7 Å². The lowest BCUT2D eigenvalue weighted by Gasteiger charge is -2.21. The Bertz CT molecular complexity index is 300. The second-order valence-corrected chi connectivity index (χ2v) is 4.83. The fourth-order valence-electron chi connectivity index (χ4n) is 1.11. The molecule has 14 heavy (non-hydrogen) atoms. The maximum absolute atomic E-state index is 4.44. The molecule has 0 aromatic carbocycles. The quantitative estimate of drug-likeness (QED) is 0.784. The van der Waals surface area contributed by atoms with Crippen LogP contribution in [0.5, 0.6) is 0 Å². The molecule has 1 aromatic rings. The number of aromatic nitrogens is 2. The van der Waals surface area contributed by atoms with Crippen LogP contribution in [0.15, 0.2) is 12.3 Å². The monoisotopic (exact) mass is 193 g/mol. The van der Waals surface area contributed by atoms with Crippen LogP contribution in [-0.4, -0.2) is 15.5 Å². The largest absolute Gasteiger partial charge is 0.365 e. The molecule has 0 aliphatic heterocycles. The summed E-state index contributed by atoms with van der Waals surface area (Å²) in [5.41, 5.74) is 0.0442. The Morgan fingerprint density at radius 3 is 2.43 bits per heavy atom. The highest BCUT2D eigenvalue weighted by atomic mass is 15.1. The molecule has 0 atom stereocenters. The topological polar surface area (TPSA) is 37.8 Å². The lowest BCUT2D eigenvalue weighted by Crippen LogP contribution is -2.26. The van der Waals surface area contributed by atoms with Crippen LogP contribution in [0.1, 0.15) is 46.4 Å². The molecule has 3 heteroatoms. The molecule has 0 spiro atoms. The molecule has 0 radical (unpaired) electrons. The van der Waals surface area contributed by atoms with Crippen LogP contribution in [0.3, 0.4) is 0 Å². The molecule has 1 N–H and O–H groups in total. The first-order chi connectivity index (χ1) is 6.38. The van der Waals surface area contributed by atoms with E-state index in [1.165, 1.54) is 0 Å². The van der Waals surface area contributed by atoms with Crippen molar-refractivity contribution in [3.8, 4) is 0 Å². The van der Waals surface area contributed by atoms with Gasteiger partial charge in [-0.15, -0.1) is 0 Å². The SMILES string of the molecule is CC(C)c1nccc(NC(C)(C)C)n1. The first-order valence-corrected chi connectivity index (χ1v) is 4.99. The first-order valence-electron chi connectivity index (χ1n) is 4.99. The minimum Gasteiger partial charge on any atom is -0.365 e. The lowest BCUT2D eigenvalue weighted by atomic mass is 10.1. The van der Waals surface area contributed by atoms with E-state index in [1.54, 1.807) is 6.20 Å². The van der Waals surface area contributed by atoms with Gasteiger partial charge in [-0.05, 0) is 26.8 Å². The zero-order valence-corrected chi connectivity index (χ0v) is 9.63. The maximum atomic E-state index is 4.44. The van der Waals surface area contributed by atoms with Gasteiger partial charge >= 0.3 is 0 Å². The summed E-state index contributed by atoms with van der Waals surface area (Å²) in [6.07, 6.45) is 1.80. The van der Waals surface area contributed by atoms with Crippen molar-refractivity contribution in [2.75, 3.05) is 5.32 Å². The van der Waals surface area contributed by atoms with E-state index < -0.39 is 0 Å². The zero-order valence-electron chi connectivity index (χ0n) is 9.63. The normalized spacial score (nSPS) is 11.9. The number of nitrogens with one attached hydrogen (secondary N) is 1. The molecule has 0 aliphatic carbocycles. The minimum absolute atomic E-state index is 0.0442. The van der Waals surface area contributed by atoms with E-state index >= 15 is 0 Å². The van der Waals surface area contributed by atoms with Gasteiger partial charge < -0.3 is 5.32 Å². The van der Waals surface area contributed by atoms with Crippen molar-refractivity contribution in [3.05, 3.63) is 18.1 Å². The Hall–Kier alpha value is -1.12. The van der Waals surface area contributed by atoms with Crippen LogP contribution in [0.25, 0.3) is 0 Å².